The minimum atomic E-state index is -3.43. The first-order chi connectivity index (χ1) is 14.8. The van der Waals surface area contributed by atoms with Gasteiger partial charge in [0.1, 0.15) is 28.6 Å². The highest BCUT2D eigenvalue weighted by atomic mass is 32.2. The average Bonchev–Trinajstić information content (AvgIpc) is 2.74. The molecule has 2 aromatic heterocycles. The van der Waals surface area contributed by atoms with Crippen LogP contribution in [0.3, 0.4) is 0 Å². The van der Waals surface area contributed by atoms with Crippen LogP contribution in [0.4, 0.5) is 26.1 Å². The molecule has 1 N–H and O–H groups in total. The zero-order valence-electron chi connectivity index (χ0n) is 16.5. The molecule has 0 radical (unpaired) electrons. The van der Waals surface area contributed by atoms with Crippen LogP contribution in [0.15, 0.2) is 53.8 Å². The van der Waals surface area contributed by atoms with Gasteiger partial charge in [-0.25, -0.2) is 23.4 Å². The predicted octanol–water partition coefficient (Wildman–Crippen LogP) is 3.18. The fourth-order valence-electron chi connectivity index (χ4n) is 3.41. The number of nitrogens with one attached hydrogen (secondary N) is 1. The molecule has 3 heterocycles. The maximum atomic E-state index is 12.3. The zero-order chi connectivity index (χ0) is 22.0. The molecule has 0 saturated heterocycles. The Bertz CT molecular complexity index is 1190. The lowest BCUT2D eigenvalue weighted by Crippen LogP contribution is -2.33. The van der Waals surface area contributed by atoms with Crippen LogP contribution in [0, 0.1) is 0 Å². The Hall–Kier alpha value is -3.34. The van der Waals surface area contributed by atoms with Gasteiger partial charge in [-0.15, -0.1) is 0 Å². The van der Waals surface area contributed by atoms with E-state index in [1.165, 1.54) is 18.5 Å². The molecule has 1 aromatic carbocycles. The van der Waals surface area contributed by atoms with Crippen molar-refractivity contribution in [1.29, 1.82) is 0 Å². The van der Waals surface area contributed by atoms with Crippen molar-refractivity contribution in [2.75, 3.05) is 23.0 Å². The Kier molecular flexibility index (Phi) is 5.68. The number of pyridine rings is 1. The number of halogens is 2. The van der Waals surface area contributed by atoms with E-state index in [4.69, 9.17) is 0 Å². The first kappa shape index (κ1) is 20.9. The normalized spacial score (nSPS) is 13.7. The lowest BCUT2D eigenvalue weighted by Gasteiger charge is -2.30. The standard InChI is InChI=1S/C20H19F2N5O3S/c1-31(28,29)17-3-2-9-23-19(17)27-10-8-15-16(11-27)24-12-25-18(15)26-13-4-6-14(7-5-13)30-20(21)22/h2-7,9,12,20H,8,10-11H2,1H3,(H,24,25,26). The summed E-state index contributed by atoms with van der Waals surface area (Å²) in [4.78, 5) is 15.0. The third kappa shape index (κ3) is 4.71. The monoisotopic (exact) mass is 447 g/mol. The van der Waals surface area contributed by atoms with E-state index in [0.717, 1.165) is 17.5 Å². The van der Waals surface area contributed by atoms with Gasteiger partial charge in [0.2, 0.25) is 0 Å². The number of hydrogen-bond acceptors (Lipinski definition) is 8. The van der Waals surface area contributed by atoms with Crippen LogP contribution >= 0.6 is 0 Å². The molecule has 0 bridgehead atoms. The number of fused-ring (bicyclic) bond motifs is 1. The smallest absolute Gasteiger partial charge is 0.387 e. The summed E-state index contributed by atoms with van der Waals surface area (Å²) in [5.41, 5.74) is 2.32. The minimum Gasteiger partial charge on any atom is -0.435 e. The molecule has 162 valence electrons. The van der Waals surface area contributed by atoms with Crippen molar-refractivity contribution in [2.24, 2.45) is 0 Å². The molecule has 0 aliphatic carbocycles. The van der Waals surface area contributed by atoms with Crippen molar-refractivity contribution in [3.8, 4) is 5.75 Å². The van der Waals surface area contributed by atoms with E-state index in [2.05, 4.69) is 25.0 Å². The second-order valence-electron chi connectivity index (χ2n) is 6.94. The summed E-state index contributed by atoms with van der Waals surface area (Å²) in [6.07, 6.45) is 4.72. The molecule has 3 aromatic rings. The SMILES string of the molecule is CS(=O)(=O)c1cccnc1N1CCc2c(ncnc2Nc2ccc(OC(F)F)cc2)C1. The summed E-state index contributed by atoms with van der Waals surface area (Å²) < 4.78 is 53.2. The van der Waals surface area contributed by atoms with Gasteiger partial charge in [-0.05, 0) is 42.8 Å². The first-order valence-corrected chi connectivity index (χ1v) is 11.2. The number of benzene rings is 1. The van der Waals surface area contributed by atoms with E-state index in [9.17, 15) is 17.2 Å². The van der Waals surface area contributed by atoms with Crippen LogP contribution in [0.25, 0.3) is 0 Å². The highest BCUT2D eigenvalue weighted by Gasteiger charge is 2.26. The number of nitrogens with zero attached hydrogens (tertiary/aromatic N) is 4. The molecule has 0 unspecified atom stereocenters. The van der Waals surface area contributed by atoms with Gasteiger partial charge >= 0.3 is 6.61 Å². The molecule has 1 aliphatic heterocycles. The van der Waals surface area contributed by atoms with Gasteiger partial charge in [-0.2, -0.15) is 8.78 Å². The first-order valence-electron chi connectivity index (χ1n) is 9.36. The van der Waals surface area contributed by atoms with E-state index in [1.54, 1.807) is 30.5 Å². The van der Waals surface area contributed by atoms with E-state index in [0.29, 0.717) is 36.8 Å². The number of ether oxygens (including phenoxy) is 1. The highest BCUT2D eigenvalue weighted by Crippen LogP contribution is 2.30. The maximum absolute atomic E-state index is 12.3. The summed E-state index contributed by atoms with van der Waals surface area (Å²) in [6, 6.07) is 9.26. The summed E-state index contributed by atoms with van der Waals surface area (Å²) in [7, 11) is -3.43. The quantitative estimate of drug-likeness (QED) is 0.615. The van der Waals surface area contributed by atoms with Crippen molar-refractivity contribution in [3.05, 3.63) is 60.2 Å². The van der Waals surface area contributed by atoms with Crippen molar-refractivity contribution < 1.29 is 21.9 Å². The van der Waals surface area contributed by atoms with Crippen LogP contribution in [-0.2, 0) is 22.8 Å². The van der Waals surface area contributed by atoms with Crippen LogP contribution in [0.1, 0.15) is 11.3 Å². The Morgan fingerprint density at radius 1 is 1.13 bits per heavy atom. The molecule has 0 spiro atoms. The molecule has 31 heavy (non-hydrogen) atoms. The molecule has 0 fully saturated rings. The fourth-order valence-corrected chi connectivity index (χ4v) is 4.25. The topological polar surface area (TPSA) is 97.3 Å². The molecule has 11 heteroatoms. The summed E-state index contributed by atoms with van der Waals surface area (Å²) in [6.45, 7) is -1.96. The Balaban J connectivity index is 1.56. The van der Waals surface area contributed by atoms with Gasteiger partial charge in [0.15, 0.2) is 9.84 Å². The Morgan fingerprint density at radius 3 is 2.61 bits per heavy atom. The van der Waals surface area contributed by atoms with Crippen molar-refractivity contribution in [1.82, 2.24) is 15.0 Å². The van der Waals surface area contributed by atoms with Gasteiger partial charge in [-0.1, -0.05) is 0 Å². The van der Waals surface area contributed by atoms with E-state index in [-0.39, 0.29) is 10.6 Å². The third-order valence-electron chi connectivity index (χ3n) is 4.80. The highest BCUT2D eigenvalue weighted by molar-refractivity contribution is 7.90. The molecule has 4 rings (SSSR count). The number of aromatic nitrogens is 3. The van der Waals surface area contributed by atoms with Crippen LogP contribution < -0.4 is 15.0 Å². The van der Waals surface area contributed by atoms with Gasteiger partial charge < -0.3 is 15.0 Å². The van der Waals surface area contributed by atoms with Crippen molar-refractivity contribution in [3.63, 3.8) is 0 Å². The van der Waals surface area contributed by atoms with Gasteiger partial charge in [-0.3, -0.25) is 0 Å². The maximum Gasteiger partial charge on any atom is 0.387 e. The molecule has 0 saturated carbocycles. The van der Waals surface area contributed by atoms with Crippen molar-refractivity contribution >= 4 is 27.2 Å². The van der Waals surface area contributed by atoms with Gasteiger partial charge in [0.25, 0.3) is 0 Å². The number of rotatable bonds is 6. The summed E-state index contributed by atoms with van der Waals surface area (Å²) in [5.74, 6) is 1.08. The second-order valence-corrected chi connectivity index (χ2v) is 8.93. The number of anilines is 3. The lowest BCUT2D eigenvalue weighted by molar-refractivity contribution is -0.0498. The summed E-state index contributed by atoms with van der Waals surface area (Å²) >= 11 is 0. The number of alkyl halides is 2. The molecule has 8 nitrogen and oxygen atoms in total. The van der Waals surface area contributed by atoms with Gasteiger partial charge in [0.05, 0.1) is 12.2 Å². The van der Waals surface area contributed by atoms with Crippen LogP contribution in [0.2, 0.25) is 0 Å². The van der Waals surface area contributed by atoms with Crippen LogP contribution in [-0.4, -0.2) is 42.8 Å². The van der Waals surface area contributed by atoms with Crippen LogP contribution in [0.5, 0.6) is 5.75 Å². The predicted molar refractivity (Wildman–Crippen MR) is 110 cm³/mol. The molecular weight excluding hydrogens is 428 g/mol. The van der Waals surface area contributed by atoms with E-state index >= 15 is 0 Å². The molecular formula is C20H19F2N5O3S. The lowest BCUT2D eigenvalue weighted by atomic mass is 10.1. The van der Waals surface area contributed by atoms with E-state index in [1.807, 2.05) is 4.90 Å². The van der Waals surface area contributed by atoms with Crippen molar-refractivity contribution in [2.45, 2.75) is 24.5 Å². The third-order valence-corrected chi connectivity index (χ3v) is 5.92. The van der Waals surface area contributed by atoms with E-state index < -0.39 is 16.4 Å². The van der Waals surface area contributed by atoms with Gasteiger partial charge in [0, 0.05) is 30.2 Å². The molecule has 0 atom stereocenters. The number of sulfone groups is 1. The Labute approximate surface area is 177 Å². The summed E-state index contributed by atoms with van der Waals surface area (Å²) in [5, 5.41) is 3.18. The number of hydrogen-bond donors (Lipinski definition) is 1. The largest absolute Gasteiger partial charge is 0.435 e. The molecule has 0 amide bonds. The minimum absolute atomic E-state index is 0.0675. The Morgan fingerprint density at radius 2 is 1.90 bits per heavy atom. The second kappa shape index (κ2) is 8.42. The average molecular weight is 447 g/mol. The fraction of sp³-hybridized carbons (Fsp3) is 0.250. The molecule has 1 aliphatic rings. The zero-order valence-corrected chi connectivity index (χ0v) is 17.3.